The van der Waals surface area contributed by atoms with E-state index < -0.39 is 99.0 Å². The van der Waals surface area contributed by atoms with Crippen LogP contribution in [0.25, 0.3) is 50.7 Å². The van der Waals surface area contributed by atoms with E-state index in [-0.39, 0.29) is 162 Å². The van der Waals surface area contributed by atoms with Crippen molar-refractivity contribution in [2.45, 2.75) is 73.2 Å². The van der Waals surface area contributed by atoms with Crippen LogP contribution in [-0.2, 0) is 31.9 Å². The van der Waals surface area contributed by atoms with Crippen molar-refractivity contribution in [3.8, 4) is 143 Å². The van der Waals surface area contributed by atoms with Gasteiger partial charge in [-0.3, -0.25) is 9.59 Å². The monoisotopic (exact) mass is 1600 g/mol. The molecule has 0 amide bonds. The first-order chi connectivity index (χ1) is 54.1. The smallest absolute Gasteiger partial charge is 0.345 e. The van der Waals surface area contributed by atoms with Crippen LogP contribution in [0, 0.1) is 34.6 Å². The molecule has 33 nitrogen and oxygen atoms in total. The van der Waals surface area contributed by atoms with E-state index in [1.807, 2.05) is 0 Å². The number of fused-ring (bicyclic) bond motifs is 3. The SMILES string of the molecule is C.Cc1c(O)cc(C(=O)O[C@@H]2Cc3c(O)cc(O)cc3OC2c2cc(O)c(O)c(O)c2)cc1O.Cc1cc(C(=O)O)cc(O)c1O.Cc1ccc(-c2oc3cc(O)cc(O)c3c(=O)c2O)c(O)c1.Cc1ccc(-c2oc3cc(O)cc(O)c3c(=O)c2O)cc1O.Cc1ccc(C[C@@H](OC(=O)/C=C/c2ccc(O)c(O)c2)C(=O)O)cc1O. The van der Waals surface area contributed by atoms with Gasteiger partial charge >= 0.3 is 23.9 Å². The van der Waals surface area contributed by atoms with Crippen molar-refractivity contribution in [2.24, 2.45) is 0 Å². The third kappa shape index (κ3) is 19.6. The van der Waals surface area contributed by atoms with Crippen LogP contribution in [-0.4, -0.2) is 148 Å². The molecule has 13 rings (SSSR count). The van der Waals surface area contributed by atoms with Crippen molar-refractivity contribution < 1.29 is 155 Å². The Balaban J connectivity index is 0.000000186. The van der Waals surface area contributed by atoms with Crippen LogP contribution in [0.15, 0.2) is 170 Å². The van der Waals surface area contributed by atoms with Gasteiger partial charge in [0.2, 0.25) is 28.5 Å². The summed E-state index contributed by atoms with van der Waals surface area (Å²) >= 11 is 0. The number of aryl methyl sites for hydroxylation is 4. The standard InChI is InChI=1S/C23H20O10.C19H18O7.2C16H12O6.C8H8O4.CH4/c1-9-14(25)4-11(5-15(9)26)23(31)33-20-8-13-16(27)6-12(24)7-19(13)32-22(20)10-2-17(28)21(30)18(29)3-10;1-11-2-3-13(9-15(11)21)10-17(19(24)25)26-18(23)7-5-12-4-6-14(20)16(22)8-12;1-7-2-3-8(4-10(7)18)16-15(21)14(20)13-11(19)5-9(17)6-12(13)22-16;1-7-2-3-9(10(18)4-7)16-15(21)14(20)13-11(19)5-8(17)6-12(13)22-16;1-4-2-5(8(11)12)3-6(9)7(4)10;/h2-7,20,22,24-30H,8H2,1H3;2-9,17,20-22H,10H2,1H3,(H,24,25);2*2-6,17-19,21H,1H3;2-3,9-10H,1H3,(H,11,12);1H4/b;7-5+;;;;/t20-,22?;17-;;;;/m11..../s1. The Labute approximate surface area is 653 Å². The number of aromatic hydroxyl groups is 20. The molecule has 0 radical (unpaired) electrons. The summed E-state index contributed by atoms with van der Waals surface area (Å²) in [4.78, 5) is 70.8. The van der Waals surface area contributed by atoms with Gasteiger partial charge in [0.25, 0.3) is 0 Å². The zero-order valence-corrected chi connectivity index (χ0v) is 60.5. The summed E-state index contributed by atoms with van der Waals surface area (Å²) in [5.74, 6) is -12.2. The van der Waals surface area contributed by atoms with Crippen molar-refractivity contribution in [3.05, 3.63) is 233 Å². The fraction of sp³-hybridized carbons (Fsp3) is 0.133. The number of hydrogen-bond acceptors (Lipinski definition) is 31. The predicted molar refractivity (Wildman–Crippen MR) is 412 cm³/mol. The summed E-state index contributed by atoms with van der Waals surface area (Å²) in [5.41, 5.74) is 2.28. The van der Waals surface area contributed by atoms with E-state index >= 15 is 0 Å². The number of hydrogen-bond donors (Lipinski definition) is 22. The van der Waals surface area contributed by atoms with Gasteiger partial charge in [0, 0.05) is 77.6 Å². The van der Waals surface area contributed by atoms with Crippen LogP contribution in [0.4, 0.5) is 0 Å². The first kappa shape index (κ1) is 85.6. The van der Waals surface area contributed by atoms with E-state index in [0.29, 0.717) is 33.4 Å². The molecular weight excluding hydrogens is 1520 g/mol. The second kappa shape index (κ2) is 35.4. The first-order valence-corrected chi connectivity index (χ1v) is 33.5. The Morgan fingerprint density at radius 2 is 1.00 bits per heavy atom. The predicted octanol–water partition coefficient (Wildman–Crippen LogP) is 12.1. The van der Waals surface area contributed by atoms with Gasteiger partial charge in [0.05, 0.1) is 16.7 Å². The topological polar surface area (TPSA) is 601 Å². The van der Waals surface area contributed by atoms with Gasteiger partial charge in [-0.25, -0.2) is 19.2 Å². The van der Waals surface area contributed by atoms with E-state index in [1.54, 1.807) is 51.1 Å². The molecule has 3 heterocycles. The van der Waals surface area contributed by atoms with Gasteiger partial charge in [0.1, 0.15) is 97.0 Å². The third-order valence-corrected chi connectivity index (χ3v) is 17.3. The van der Waals surface area contributed by atoms with E-state index in [1.165, 1.54) is 74.5 Å². The molecule has 2 aromatic heterocycles. The van der Waals surface area contributed by atoms with Crippen molar-refractivity contribution in [1.29, 1.82) is 0 Å². The van der Waals surface area contributed by atoms with Gasteiger partial charge in [0.15, 0.2) is 57.9 Å². The lowest BCUT2D eigenvalue weighted by Crippen LogP contribution is -2.34. The molecule has 0 saturated carbocycles. The summed E-state index contributed by atoms with van der Waals surface area (Å²) in [6.07, 6.45) is -1.50. The third-order valence-electron chi connectivity index (χ3n) is 17.3. The molecule has 0 fully saturated rings. The van der Waals surface area contributed by atoms with Gasteiger partial charge in [-0.1, -0.05) is 43.8 Å². The Bertz CT molecular complexity index is 5920. The maximum atomic E-state index is 12.8. The van der Waals surface area contributed by atoms with Crippen LogP contribution in [0.2, 0.25) is 0 Å². The second-order valence-corrected chi connectivity index (χ2v) is 25.7. The molecule has 0 saturated heterocycles. The van der Waals surface area contributed by atoms with Gasteiger partial charge in [-0.2, -0.15) is 0 Å². The molecule has 604 valence electrons. The van der Waals surface area contributed by atoms with Crippen LogP contribution in [0.3, 0.4) is 0 Å². The molecule has 1 aliphatic heterocycles. The summed E-state index contributed by atoms with van der Waals surface area (Å²) in [7, 11) is 0. The van der Waals surface area contributed by atoms with Crippen molar-refractivity contribution >= 4 is 51.9 Å². The average Bonchev–Trinajstić information content (AvgIpc) is 0.773. The number of ether oxygens (including phenoxy) is 3. The Morgan fingerprint density at radius 3 is 1.54 bits per heavy atom. The highest BCUT2D eigenvalue weighted by molar-refractivity contribution is 5.93. The lowest BCUT2D eigenvalue weighted by atomic mass is 9.93. The highest BCUT2D eigenvalue weighted by Crippen LogP contribution is 2.47. The minimum absolute atomic E-state index is 0. The molecule has 10 aromatic carbocycles. The number of carbonyl (C=O) groups excluding carboxylic acids is 2. The van der Waals surface area contributed by atoms with E-state index in [0.717, 1.165) is 72.3 Å². The number of carboxylic acids is 2. The number of aromatic carboxylic acids is 1. The summed E-state index contributed by atoms with van der Waals surface area (Å²) in [6.45, 7) is 8.16. The molecular formula is C83H74O33. The quantitative estimate of drug-likeness (QED) is 0.0307. The molecule has 1 unspecified atom stereocenters. The first-order valence-electron chi connectivity index (χ1n) is 33.5. The number of carboxylic acid groups (broad SMARTS) is 2. The molecule has 12 aromatic rings. The van der Waals surface area contributed by atoms with Crippen LogP contribution < -0.4 is 15.6 Å². The van der Waals surface area contributed by atoms with Gasteiger partial charge < -0.3 is 135 Å². The number of aliphatic carboxylic acids is 1. The van der Waals surface area contributed by atoms with Gasteiger partial charge in [-0.05, 0) is 147 Å². The van der Waals surface area contributed by atoms with E-state index in [4.69, 9.17) is 38.4 Å². The normalized spacial score (nSPS) is 12.7. The van der Waals surface area contributed by atoms with Crippen LogP contribution in [0.1, 0.15) is 84.3 Å². The van der Waals surface area contributed by atoms with Gasteiger partial charge in [-0.15, -0.1) is 0 Å². The maximum absolute atomic E-state index is 12.8. The maximum Gasteiger partial charge on any atom is 0.345 e. The Hall–Kier alpha value is -16.0. The lowest BCUT2D eigenvalue weighted by molar-refractivity contribution is -0.160. The molecule has 1 aliphatic rings. The highest BCUT2D eigenvalue weighted by atomic mass is 16.6. The number of rotatable bonds is 12. The van der Waals surface area contributed by atoms with Crippen molar-refractivity contribution in [2.75, 3.05) is 0 Å². The van der Waals surface area contributed by atoms with Crippen LogP contribution >= 0.6 is 0 Å². The molecule has 22 N–H and O–H groups in total. The molecule has 33 heteroatoms. The summed E-state index contributed by atoms with van der Waals surface area (Å²) < 4.78 is 27.2. The zero-order chi connectivity index (χ0) is 84.6. The summed E-state index contributed by atoms with van der Waals surface area (Å²) in [6, 6.07) is 31.2. The molecule has 0 spiro atoms. The fourth-order valence-corrected chi connectivity index (χ4v) is 11.2. The molecule has 0 bridgehead atoms. The minimum Gasteiger partial charge on any atom is -0.508 e. The molecule has 0 aliphatic carbocycles. The highest BCUT2D eigenvalue weighted by Gasteiger charge is 2.38. The fourth-order valence-electron chi connectivity index (χ4n) is 11.2. The number of phenolic OH excluding ortho intramolecular Hbond substituents is 18. The number of benzene rings is 10. The Kier molecular flexibility index (Phi) is 26.1. The van der Waals surface area contributed by atoms with E-state index in [9.17, 15) is 126 Å². The number of esters is 2. The molecule has 116 heavy (non-hydrogen) atoms. The van der Waals surface area contributed by atoms with E-state index in [2.05, 4.69) is 0 Å². The molecule has 3 atom stereocenters. The lowest BCUT2D eigenvalue weighted by Gasteiger charge is -2.34. The largest absolute Gasteiger partial charge is 0.508 e. The summed E-state index contributed by atoms with van der Waals surface area (Å²) in [5, 5.41) is 211. The number of carbonyl (C=O) groups is 4. The van der Waals surface area contributed by atoms with Crippen molar-refractivity contribution in [3.63, 3.8) is 0 Å². The number of phenols is 18. The average molecular weight is 1600 g/mol. The zero-order valence-electron chi connectivity index (χ0n) is 60.5. The van der Waals surface area contributed by atoms with Crippen LogP contribution in [0.5, 0.6) is 121 Å². The Morgan fingerprint density at radius 1 is 0.466 bits per heavy atom. The van der Waals surface area contributed by atoms with Crippen molar-refractivity contribution in [1.82, 2.24) is 0 Å². The second-order valence-electron chi connectivity index (χ2n) is 25.7. The minimum atomic E-state index is -1.41.